The Bertz CT molecular complexity index is 199. The van der Waals surface area contributed by atoms with Crippen LogP contribution >= 0.6 is 11.5 Å². The normalized spacial score (nSPS) is 8.40. The summed E-state index contributed by atoms with van der Waals surface area (Å²) in [6.45, 7) is 0. The average molecular weight is 181 g/mol. The summed E-state index contributed by atoms with van der Waals surface area (Å²) < 4.78 is 3.78. The van der Waals surface area contributed by atoms with Crippen LogP contribution in [0.3, 0.4) is 0 Å². The van der Waals surface area contributed by atoms with Crippen molar-refractivity contribution in [1.82, 2.24) is 4.37 Å². The Morgan fingerprint density at radius 2 is 2.50 bits per heavy atom. The van der Waals surface area contributed by atoms with Crippen molar-refractivity contribution in [3.05, 3.63) is 17.1 Å². The van der Waals surface area contributed by atoms with Crippen molar-refractivity contribution >= 4 is 17.5 Å². The van der Waals surface area contributed by atoms with Crippen LogP contribution in [-0.2, 0) is 11.2 Å². The summed E-state index contributed by atoms with van der Waals surface area (Å²) in [5.74, 6) is -1.08. The van der Waals surface area contributed by atoms with Crippen LogP contribution in [0.2, 0.25) is 0 Å². The van der Waals surface area contributed by atoms with Crippen molar-refractivity contribution in [1.29, 1.82) is 0 Å². The van der Waals surface area contributed by atoms with Crippen LogP contribution in [-0.4, -0.2) is 10.3 Å². The maximum Gasteiger partial charge on any atom is 1.00 e. The standard InChI is InChI=1S/C5H5NO2S.K/c7-5(8)3-4-1-2-9-6-4;/h1-2H,3H2,(H,7,8);/q;+1/p-1. The summed E-state index contributed by atoms with van der Waals surface area (Å²) in [6.07, 6.45) is -0.0799. The molecule has 0 bridgehead atoms. The van der Waals surface area contributed by atoms with E-state index in [0.717, 1.165) is 0 Å². The van der Waals surface area contributed by atoms with Gasteiger partial charge >= 0.3 is 51.4 Å². The number of hydrogen-bond donors (Lipinski definition) is 0. The quantitative estimate of drug-likeness (QED) is 0.444. The molecule has 0 aliphatic rings. The summed E-state index contributed by atoms with van der Waals surface area (Å²) >= 11 is 1.24. The van der Waals surface area contributed by atoms with Crippen LogP contribution in [0, 0.1) is 0 Å². The van der Waals surface area contributed by atoms with E-state index in [9.17, 15) is 9.90 Å². The van der Waals surface area contributed by atoms with Crippen LogP contribution in [0.25, 0.3) is 0 Å². The zero-order chi connectivity index (χ0) is 6.69. The largest absolute Gasteiger partial charge is 1.00 e. The minimum Gasteiger partial charge on any atom is -0.550 e. The summed E-state index contributed by atoms with van der Waals surface area (Å²) in [5, 5.41) is 11.7. The van der Waals surface area contributed by atoms with Gasteiger partial charge in [0.25, 0.3) is 0 Å². The number of hydrogen-bond acceptors (Lipinski definition) is 4. The van der Waals surface area contributed by atoms with Gasteiger partial charge in [-0.2, -0.15) is 4.37 Å². The Balaban J connectivity index is 0.000000810. The molecule has 1 heterocycles. The molecule has 0 fully saturated rings. The van der Waals surface area contributed by atoms with E-state index >= 15 is 0 Å². The Kier molecular flexibility index (Phi) is 5.79. The first kappa shape index (κ1) is 10.7. The third kappa shape index (κ3) is 3.80. The number of carbonyl (C=O) groups is 1. The second-order valence-electron chi connectivity index (χ2n) is 1.54. The molecular weight excluding hydrogens is 177 g/mol. The predicted molar refractivity (Wildman–Crippen MR) is 30.8 cm³/mol. The molecular formula is C5H4KNO2S. The molecule has 0 radical (unpaired) electrons. The molecule has 1 aromatic heterocycles. The molecule has 0 saturated heterocycles. The SMILES string of the molecule is O=C([O-])Cc1ccsn1.[K+]. The first-order valence-corrected chi connectivity index (χ1v) is 3.22. The smallest absolute Gasteiger partial charge is 0.550 e. The number of aromatic nitrogens is 1. The Morgan fingerprint density at radius 3 is 2.90 bits per heavy atom. The number of carboxylic acids is 1. The third-order valence-corrected chi connectivity index (χ3v) is 1.41. The van der Waals surface area contributed by atoms with E-state index in [-0.39, 0.29) is 57.8 Å². The Labute approximate surface area is 105 Å². The first-order valence-electron chi connectivity index (χ1n) is 2.38. The molecule has 3 nitrogen and oxygen atoms in total. The van der Waals surface area contributed by atoms with Crippen LogP contribution in [0.5, 0.6) is 0 Å². The fourth-order valence-electron chi connectivity index (χ4n) is 0.477. The van der Waals surface area contributed by atoms with Gasteiger partial charge in [-0.25, -0.2) is 0 Å². The second-order valence-corrected chi connectivity index (χ2v) is 2.21. The summed E-state index contributed by atoms with van der Waals surface area (Å²) in [6, 6.07) is 1.67. The zero-order valence-electron chi connectivity index (χ0n) is 5.53. The van der Waals surface area contributed by atoms with Crippen molar-refractivity contribution in [3.8, 4) is 0 Å². The average Bonchev–Trinajstić information content (AvgIpc) is 2.15. The van der Waals surface area contributed by atoms with E-state index in [1.165, 1.54) is 11.5 Å². The summed E-state index contributed by atoms with van der Waals surface area (Å²) in [5.41, 5.74) is 0.569. The molecule has 0 aromatic carbocycles. The second kappa shape index (κ2) is 5.39. The molecule has 0 spiro atoms. The van der Waals surface area contributed by atoms with E-state index in [1.54, 1.807) is 11.4 Å². The van der Waals surface area contributed by atoms with Crippen LogP contribution in [0.15, 0.2) is 11.4 Å². The number of carboxylic acid groups (broad SMARTS) is 1. The molecule has 5 heteroatoms. The van der Waals surface area contributed by atoms with E-state index in [1.807, 2.05) is 0 Å². The van der Waals surface area contributed by atoms with Gasteiger partial charge in [-0.1, -0.05) is 0 Å². The number of aliphatic carboxylic acids is 1. The van der Waals surface area contributed by atoms with Crippen molar-refractivity contribution < 1.29 is 61.3 Å². The van der Waals surface area contributed by atoms with E-state index < -0.39 is 5.97 Å². The summed E-state index contributed by atoms with van der Waals surface area (Å²) in [7, 11) is 0. The van der Waals surface area contributed by atoms with Gasteiger partial charge in [-0.3, -0.25) is 0 Å². The van der Waals surface area contributed by atoms with Crippen molar-refractivity contribution in [2.45, 2.75) is 6.42 Å². The Morgan fingerprint density at radius 1 is 1.80 bits per heavy atom. The molecule has 0 aliphatic heterocycles. The topological polar surface area (TPSA) is 53.0 Å². The van der Waals surface area contributed by atoms with Crippen molar-refractivity contribution in [3.63, 3.8) is 0 Å². The van der Waals surface area contributed by atoms with E-state index in [0.29, 0.717) is 5.69 Å². The van der Waals surface area contributed by atoms with Gasteiger partial charge in [-0.15, -0.1) is 0 Å². The molecule has 0 atom stereocenters. The van der Waals surface area contributed by atoms with Crippen molar-refractivity contribution in [2.24, 2.45) is 0 Å². The fourth-order valence-corrected chi connectivity index (χ4v) is 1.02. The maximum absolute atomic E-state index is 9.92. The molecule has 0 amide bonds. The molecule has 0 saturated carbocycles. The molecule has 0 unspecified atom stereocenters. The number of carbonyl (C=O) groups excluding carboxylic acids is 1. The minimum atomic E-state index is -1.08. The van der Waals surface area contributed by atoms with E-state index in [4.69, 9.17) is 0 Å². The van der Waals surface area contributed by atoms with Crippen LogP contribution in [0.1, 0.15) is 5.69 Å². The molecule has 0 aliphatic carbocycles. The zero-order valence-corrected chi connectivity index (χ0v) is 9.47. The monoisotopic (exact) mass is 181 g/mol. The predicted octanol–water partition coefficient (Wildman–Crippen LogP) is -3.56. The van der Waals surface area contributed by atoms with Gasteiger partial charge < -0.3 is 9.90 Å². The summed E-state index contributed by atoms with van der Waals surface area (Å²) in [4.78, 5) is 9.92. The van der Waals surface area contributed by atoms with Gasteiger partial charge in [0, 0.05) is 17.8 Å². The Hall–Kier alpha value is 0.736. The molecule has 0 N–H and O–H groups in total. The molecule has 48 valence electrons. The van der Waals surface area contributed by atoms with Gasteiger partial charge in [0.05, 0.1) is 5.69 Å². The minimum absolute atomic E-state index is 0. The van der Waals surface area contributed by atoms with Gasteiger partial charge in [0.15, 0.2) is 0 Å². The van der Waals surface area contributed by atoms with Crippen LogP contribution < -0.4 is 56.5 Å². The molecule has 10 heavy (non-hydrogen) atoms. The number of rotatable bonds is 2. The van der Waals surface area contributed by atoms with Gasteiger partial charge in [0.2, 0.25) is 0 Å². The molecule has 1 rings (SSSR count). The van der Waals surface area contributed by atoms with Crippen LogP contribution in [0.4, 0.5) is 0 Å². The van der Waals surface area contributed by atoms with Crippen molar-refractivity contribution in [2.75, 3.05) is 0 Å². The first-order chi connectivity index (χ1) is 4.29. The maximum atomic E-state index is 9.92. The fraction of sp³-hybridized carbons (Fsp3) is 0.200. The number of nitrogens with zero attached hydrogens (tertiary/aromatic N) is 1. The molecule has 1 aromatic rings. The third-order valence-electron chi connectivity index (χ3n) is 0.817. The van der Waals surface area contributed by atoms with E-state index in [2.05, 4.69) is 4.37 Å². The van der Waals surface area contributed by atoms with Gasteiger partial charge in [-0.05, 0) is 17.6 Å². The van der Waals surface area contributed by atoms with Gasteiger partial charge in [0.1, 0.15) is 0 Å².